The van der Waals surface area contributed by atoms with E-state index in [1.165, 1.54) is 0 Å². The number of anilines is 2. The topological polar surface area (TPSA) is 66.5 Å². The van der Waals surface area contributed by atoms with Crippen LogP contribution in [0.25, 0.3) is 5.70 Å². The number of nitrogens with one attached hydrogen (secondary N) is 1. The fourth-order valence-corrected chi connectivity index (χ4v) is 5.18. The monoisotopic (exact) mass is 460 g/mol. The molecule has 0 aliphatic carbocycles. The van der Waals surface area contributed by atoms with E-state index in [4.69, 9.17) is 0 Å². The Labute approximate surface area is 195 Å². The molecule has 0 aromatic heterocycles. The molecule has 1 amide bonds. The van der Waals surface area contributed by atoms with Crippen LogP contribution in [0.4, 0.5) is 11.4 Å². The molecule has 1 heterocycles. The van der Waals surface area contributed by atoms with Crippen LogP contribution in [0, 0.1) is 13.8 Å². The number of hydrogen-bond donors (Lipinski definition) is 1. The Hall–Kier alpha value is -3.38. The van der Waals surface area contributed by atoms with E-state index in [0.717, 1.165) is 16.7 Å². The van der Waals surface area contributed by atoms with Gasteiger partial charge in [-0.3, -0.25) is 14.4 Å². The van der Waals surface area contributed by atoms with Crippen molar-refractivity contribution in [2.24, 2.45) is 0 Å². The lowest BCUT2D eigenvalue weighted by atomic mass is 9.87. The van der Waals surface area contributed by atoms with Gasteiger partial charge in [-0.05, 0) is 66.3 Å². The molecular formula is C27H28N2O3S. The molecule has 0 fully saturated rings. The maximum Gasteiger partial charge on any atom is 0.265 e. The summed E-state index contributed by atoms with van der Waals surface area (Å²) in [4.78, 5) is 15.2. The summed E-state index contributed by atoms with van der Waals surface area (Å²) in [5.74, 6) is -0.301. The molecule has 1 N–H and O–H groups in total. The van der Waals surface area contributed by atoms with Crippen molar-refractivity contribution < 1.29 is 13.2 Å². The number of rotatable bonds is 4. The molecule has 1 aliphatic rings. The van der Waals surface area contributed by atoms with Crippen LogP contribution in [-0.4, -0.2) is 14.3 Å². The number of carbonyl (C=O) groups excluding carboxylic acids is 1. The normalized spacial score (nSPS) is 13.9. The van der Waals surface area contributed by atoms with Crippen LogP contribution in [0.1, 0.15) is 53.4 Å². The number of fused-ring (bicyclic) bond motifs is 1. The Kier molecular flexibility index (Phi) is 5.45. The number of aryl methyl sites for hydroxylation is 2. The quantitative estimate of drug-likeness (QED) is 0.517. The van der Waals surface area contributed by atoms with Crippen LogP contribution in [0.15, 0.2) is 72.1 Å². The first-order valence-electron chi connectivity index (χ1n) is 10.8. The third-order valence-corrected chi connectivity index (χ3v) is 7.31. The summed E-state index contributed by atoms with van der Waals surface area (Å²) < 4.78 is 29.0. The number of carbonyl (C=O) groups is 1. The van der Waals surface area contributed by atoms with Gasteiger partial charge in [-0.2, -0.15) is 0 Å². The van der Waals surface area contributed by atoms with Crippen LogP contribution in [0.2, 0.25) is 0 Å². The van der Waals surface area contributed by atoms with E-state index in [-0.39, 0.29) is 21.9 Å². The van der Waals surface area contributed by atoms with Gasteiger partial charge in [0.2, 0.25) is 0 Å². The summed E-state index contributed by atoms with van der Waals surface area (Å²) in [5, 5.41) is 0. The van der Waals surface area contributed by atoms with Crippen LogP contribution in [-0.2, 0) is 15.4 Å². The number of nitrogens with zero attached hydrogens (tertiary/aromatic N) is 1. The smallest absolute Gasteiger partial charge is 0.265 e. The Morgan fingerprint density at radius 3 is 2.18 bits per heavy atom. The maximum absolute atomic E-state index is 13.5. The Bertz CT molecular complexity index is 1380. The van der Waals surface area contributed by atoms with Gasteiger partial charge in [0.05, 0.1) is 21.8 Å². The molecule has 3 aromatic carbocycles. The first kappa shape index (κ1) is 22.8. The van der Waals surface area contributed by atoms with Crippen molar-refractivity contribution in [2.45, 2.75) is 44.9 Å². The van der Waals surface area contributed by atoms with Gasteiger partial charge in [0, 0.05) is 11.3 Å². The van der Waals surface area contributed by atoms with E-state index in [9.17, 15) is 13.2 Å². The SMILES string of the molecule is C=C1c2c(C)ccc(NS(=O)(=O)c3ccc(C(C)(C)C)cc3)c2C(=O)N1c1cccc(C)c1. The van der Waals surface area contributed by atoms with Crippen LogP contribution < -0.4 is 9.62 Å². The summed E-state index contributed by atoms with van der Waals surface area (Å²) in [6.45, 7) is 14.2. The van der Waals surface area contributed by atoms with Crippen molar-refractivity contribution in [3.63, 3.8) is 0 Å². The van der Waals surface area contributed by atoms with E-state index in [1.807, 2.05) is 50.2 Å². The third-order valence-electron chi connectivity index (χ3n) is 5.92. The standard InChI is InChI=1S/C27H28N2O3S/c1-17-8-7-9-21(16-17)29-19(3)24-18(2)10-15-23(25(24)26(29)30)28-33(31,32)22-13-11-20(12-14-22)27(4,5)6/h7-16,28H,3H2,1-2,4-6H3. The summed E-state index contributed by atoms with van der Waals surface area (Å²) in [5.41, 5.74) is 5.28. The highest BCUT2D eigenvalue weighted by Gasteiger charge is 2.36. The van der Waals surface area contributed by atoms with Crippen molar-refractivity contribution in [3.8, 4) is 0 Å². The van der Waals surface area contributed by atoms with Gasteiger partial charge < -0.3 is 0 Å². The zero-order valence-electron chi connectivity index (χ0n) is 19.6. The lowest BCUT2D eigenvalue weighted by molar-refractivity contribution is 0.101. The average Bonchev–Trinajstić information content (AvgIpc) is 3.01. The van der Waals surface area contributed by atoms with Crippen LogP contribution >= 0.6 is 0 Å². The number of amides is 1. The zero-order chi connectivity index (χ0) is 24.1. The van der Waals surface area contributed by atoms with Crippen molar-refractivity contribution in [1.82, 2.24) is 0 Å². The molecule has 6 heteroatoms. The molecule has 0 spiro atoms. The second-order valence-corrected chi connectivity index (χ2v) is 11.2. The largest absolute Gasteiger partial charge is 0.279 e. The molecule has 170 valence electrons. The van der Waals surface area contributed by atoms with E-state index in [2.05, 4.69) is 32.1 Å². The van der Waals surface area contributed by atoms with Gasteiger partial charge in [0.15, 0.2) is 0 Å². The van der Waals surface area contributed by atoms with Crippen molar-refractivity contribution in [2.75, 3.05) is 9.62 Å². The molecule has 0 saturated heterocycles. The summed E-state index contributed by atoms with van der Waals surface area (Å²) in [6, 6.07) is 17.9. The molecule has 0 saturated carbocycles. The summed E-state index contributed by atoms with van der Waals surface area (Å²) in [7, 11) is -3.89. The van der Waals surface area contributed by atoms with Crippen molar-refractivity contribution >= 4 is 33.0 Å². The number of sulfonamides is 1. The average molecular weight is 461 g/mol. The van der Waals surface area contributed by atoms with Crippen LogP contribution in [0.5, 0.6) is 0 Å². The molecule has 4 rings (SSSR count). The van der Waals surface area contributed by atoms with Crippen molar-refractivity contribution in [1.29, 1.82) is 0 Å². The second kappa shape index (κ2) is 7.89. The highest BCUT2D eigenvalue weighted by molar-refractivity contribution is 7.92. The van der Waals surface area contributed by atoms with E-state index in [0.29, 0.717) is 22.5 Å². The number of hydrogen-bond acceptors (Lipinski definition) is 3. The lowest BCUT2D eigenvalue weighted by Gasteiger charge is -2.19. The highest BCUT2D eigenvalue weighted by Crippen LogP contribution is 2.41. The highest BCUT2D eigenvalue weighted by atomic mass is 32.2. The summed E-state index contributed by atoms with van der Waals surface area (Å²) in [6.07, 6.45) is 0. The van der Waals surface area contributed by atoms with Gasteiger partial charge in [-0.25, -0.2) is 8.42 Å². The van der Waals surface area contributed by atoms with Crippen LogP contribution in [0.3, 0.4) is 0 Å². The van der Waals surface area contributed by atoms with E-state index >= 15 is 0 Å². The van der Waals surface area contributed by atoms with Gasteiger partial charge in [0.1, 0.15) is 0 Å². The molecule has 0 unspecified atom stereocenters. The molecule has 3 aromatic rings. The fraction of sp³-hybridized carbons (Fsp3) is 0.222. The van der Waals surface area contributed by atoms with E-state index < -0.39 is 10.0 Å². The lowest BCUT2D eigenvalue weighted by Crippen LogP contribution is -2.23. The second-order valence-electron chi connectivity index (χ2n) is 9.49. The zero-order valence-corrected chi connectivity index (χ0v) is 20.4. The first-order chi connectivity index (χ1) is 15.4. The predicted octanol–water partition coefficient (Wildman–Crippen LogP) is 6.03. The minimum Gasteiger partial charge on any atom is -0.279 e. The molecule has 0 atom stereocenters. The van der Waals surface area contributed by atoms with Gasteiger partial charge >= 0.3 is 0 Å². The van der Waals surface area contributed by atoms with E-state index in [1.54, 1.807) is 29.2 Å². The summed E-state index contributed by atoms with van der Waals surface area (Å²) >= 11 is 0. The molecule has 0 bridgehead atoms. The van der Waals surface area contributed by atoms with Gasteiger partial charge in [-0.1, -0.05) is 57.7 Å². The van der Waals surface area contributed by atoms with Gasteiger partial charge in [-0.15, -0.1) is 0 Å². The molecule has 33 heavy (non-hydrogen) atoms. The minimum absolute atomic E-state index is 0.0838. The third kappa shape index (κ3) is 4.07. The van der Waals surface area contributed by atoms with Crippen molar-refractivity contribution in [3.05, 3.63) is 95.1 Å². The Morgan fingerprint density at radius 2 is 1.58 bits per heavy atom. The molecule has 1 aliphatic heterocycles. The first-order valence-corrected chi connectivity index (χ1v) is 12.3. The van der Waals surface area contributed by atoms with Gasteiger partial charge in [0.25, 0.3) is 15.9 Å². The Morgan fingerprint density at radius 1 is 0.909 bits per heavy atom. The molecule has 0 radical (unpaired) electrons. The molecule has 5 nitrogen and oxygen atoms in total. The predicted molar refractivity (Wildman–Crippen MR) is 134 cm³/mol. The number of benzene rings is 3. The maximum atomic E-state index is 13.5. The Balaban J connectivity index is 1.74. The minimum atomic E-state index is -3.89. The fourth-order valence-electron chi connectivity index (χ4n) is 4.11. The molecular weight excluding hydrogens is 432 g/mol.